The maximum absolute atomic E-state index is 14.7. The van der Waals surface area contributed by atoms with Crippen LogP contribution in [-0.2, 0) is 9.02 Å². The highest BCUT2D eigenvalue weighted by Crippen LogP contribution is 2.75. The lowest BCUT2D eigenvalue weighted by atomic mass is 9.89. The molecule has 1 aromatic carbocycles. The standard InChI is InChI=1S/C21H32F2N2O4S/c1-12(30(25-29-30)21(5,6)7)16-8-13(22)9-17(23)18(16)27-15-10-14(11-15)24-19(26)28-20(2,3)4/h8-9,12,14-15,25H,10-11H2,1-7H3,(H,24,26)/t12-,14?,15?/m1/s1. The Labute approximate surface area is 178 Å². The van der Waals surface area contributed by atoms with Crippen molar-refractivity contribution in [3.8, 4) is 5.75 Å². The number of halogens is 2. The summed E-state index contributed by atoms with van der Waals surface area (Å²) < 4.78 is 45.3. The number of alkyl carbamates (subject to hydrolysis) is 1. The minimum atomic E-state index is -1.74. The summed E-state index contributed by atoms with van der Waals surface area (Å²) in [7, 11) is -1.74. The molecular formula is C21H32F2N2O4S. The SMILES string of the molecule is C[C@H](c1cc(F)cc(F)c1OC1CC(NC(=O)OC(C)(C)C)C1)[S@@]1(C(C)(C)C)NO1. The number of carbonyl (C=O) groups excluding carboxylic acids is 1. The fourth-order valence-corrected chi connectivity index (χ4v) is 6.24. The van der Waals surface area contributed by atoms with Crippen molar-refractivity contribution in [2.75, 3.05) is 0 Å². The van der Waals surface area contributed by atoms with Gasteiger partial charge in [-0.15, -0.1) is 4.89 Å². The summed E-state index contributed by atoms with van der Waals surface area (Å²) in [6.45, 7) is 13.4. The first-order valence-electron chi connectivity index (χ1n) is 10.1. The maximum Gasteiger partial charge on any atom is 0.407 e. The molecule has 170 valence electrons. The van der Waals surface area contributed by atoms with Gasteiger partial charge >= 0.3 is 6.09 Å². The third kappa shape index (κ3) is 4.84. The van der Waals surface area contributed by atoms with E-state index in [1.54, 1.807) is 20.8 Å². The van der Waals surface area contributed by atoms with Gasteiger partial charge in [0.2, 0.25) is 0 Å². The zero-order chi connectivity index (χ0) is 22.5. The highest BCUT2D eigenvalue weighted by molar-refractivity contribution is 8.33. The Balaban J connectivity index is 1.69. The van der Waals surface area contributed by atoms with Crippen molar-refractivity contribution < 1.29 is 27.3 Å². The van der Waals surface area contributed by atoms with E-state index in [-0.39, 0.29) is 27.9 Å². The van der Waals surface area contributed by atoms with Crippen molar-refractivity contribution in [1.29, 1.82) is 0 Å². The van der Waals surface area contributed by atoms with Gasteiger partial charge in [-0.2, -0.15) is 0 Å². The van der Waals surface area contributed by atoms with Gasteiger partial charge in [-0.25, -0.2) is 17.9 Å². The van der Waals surface area contributed by atoms with E-state index in [1.807, 2.05) is 27.7 Å². The van der Waals surface area contributed by atoms with Gasteiger partial charge in [0.15, 0.2) is 11.6 Å². The van der Waals surface area contributed by atoms with Crippen LogP contribution in [0, 0.1) is 11.6 Å². The summed E-state index contributed by atoms with van der Waals surface area (Å²) in [4.78, 5) is 14.9. The van der Waals surface area contributed by atoms with E-state index in [9.17, 15) is 13.6 Å². The predicted molar refractivity (Wildman–Crippen MR) is 113 cm³/mol. The Hall–Kier alpha value is -1.58. The molecule has 0 aromatic heterocycles. The minimum absolute atomic E-state index is 0.0537. The number of ether oxygens (including phenoxy) is 2. The molecule has 0 unspecified atom stereocenters. The molecule has 1 aromatic rings. The molecule has 9 heteroatoms. The first-order chi connectivity index (χ1) is 13.7. The number of amides is 1. The second-order valence-corrected chi connectivity index (χ2v) is 13.3. The van der Waals surface area contributed by atoms with Crippen LogP contribution in [-0.4, -0.2) is 28.6 Å². The summed E-state index contributed by atoms with van der Waals surface area (Å²) in [5.74, 6) is -1.33. The van der Waals surface area contributed by atoms with Gasteiger partial charge in [-0.05, 0) is 65.0 Å². The Kier molecular flexibility index (Phi) is 6.03. The van der Waals surface area contributed by atoms with Gasteiger partial charge in [0, 0.05) is 35.3 Å². The molecule has 3 rings (SSSR count). The monoisotopic (exact) mass is 446 g/mol. The zero-order valence-electron chi connectivity index (χ0n) is 18.6. The van der Waals surface area contributed by atoms with Crippen LogP contribution in [0.15, 0.2) is 12.1 Å². The van der Waals surface area contributed by atoms with Crippen molar-refractivity contribution in [1.82, 2.24) is 10.2 Å². The van der Waals surface area contributed by atoms with Gasteiger partial charge in [-0.3, -0.25) is 0 Å². The van der Waals surface area contributed by atoms with Gasteiger partial charge in [0.25, 0.3) is 0 Å². The van der Waals surface area contributed by atoms with E-state index in [2.05, 4.69) is 10.2 Å². The largest absolute Gasteiger partial charge is 0.487 e. The molecule has 1 aliphatic carbocycles. The second-order valence-electron chi connectivity index (χ2n) is 9.88. The molecule has 2 atom stereocenters. The van der Waals surface area contributed by atoms with Crippen molar-refractivity contribution in [3.63, 3.8) is 0 Å². The van der Waals surface area contributed by atoms with E-state index in [4.69, 9.17) is 13.8 Å². The number of nitrogens with one attached hydrogen (secondary N) is 2. The molecular weight excluding hydrogens is 414 g/mol. The topological polar surface area (TPSA) is 82.0 Å². The predicted octanol–water partition coefficient (Wildman–Crippen LogP) is 5.43. The van der Waals surface area contributed by atoms with Crippen LogP contribution >= 0.6 is 10.5 Å². The summed E-state index contributed by atoms with van der Waals surface area (Å²) in [5.41, 5.74) is -0.123. The quantitative estimate of drug-likeness (QED) is 0.590. The van der Waals surface area contributed by atoms with Crippen LogP contribution in [0.5, 0.6) is 5.75 Å². The molecule has 6 nitrogen and oxygen atoms in total. The first kappa shape index (κ1) is 23.1. The molecule has 2 N–H and O–H groups in total. The van der Waals surface area contributed by atoms with Gasteiger partial charge in [-0.1, -0.05) is 0 Å². The Bertz CT molecular complexity index is 812. The molecule has 1 saturated heterocycles. The third-order valence-electron chi connectivity index (χ3n) is 5.25. The van der Waals surface area contributed by atoms with Gasteiger partial charge in [0.05, 0.1) is 5.25 Å². The average Bonchev–Trinajstić information content (AvgIpc) is 3.33. The summed E-state index contributed by atoms with van der Waals surface area (Å²) in [5, 5.41) is 2.51. The summed E-state index contributed by atoms with van der Waals surface area (Å²) in [6.07, 6.45) is 0.289. The molecule has 1 heterocycles. The number of benzene rings is 1. The lowest BCUT2D eigenvalue weighted by molar-refractivity contribution is 0.0353. The second kappa shape index (κ2) is 7.84. The van der Waals surface area contributed by atoms with Crippen molar-refractivity contribution in [2.45, 2.75) is 89.1 Å². The zero-order valence-corrected chi connectivity index (χ0v) is 19.4. The minimum Gasteiger partial charge on any atom is -0.487 e. The number of carbonyl (C=O) groups is 1. The van der Waals surface area contributed by atoms with Crippen LogP contribution < -0.4 is 14.9 Å². The highest BCUT2D eigenvalue weighted by Gasteiger charge is 2.55. The van der Waals surface area contributed by atoms with Gasteiger partial charge in [0.1, 0.15) is 17.5 Å². The van der Waals surface area contributed by atoms with Crippen molar-refractivity contribution in [3.05, 3.63) is 29.3 Å². The van der Waals surface area contributed by atoms with Crippen molar-refractivity contribution in [2.24, 2.45) is 0 Å². The Morgan fingerprint density at radius 1 is 1.23 bits per heavy atom. The third-order valence-corrected chi connectivity index (χ3v) is 8.84. The van der Waals surface area contributed by atoms with E-state index >= 15 is 0 Å². The summed E-state index contributed by atoms with van der Waals surface area (Å²) >= 11 is 0. The Morgan fingerprint density at radius 2 is 1.83 bits per heavy atom. The van der Waals surface area contributed by atoms with Crippen molar-refractivity contribution >= 4 is 16.6 Å². The van der Waals surface area contributed by atoms with Crippen LogP contribution in [0.25, 0.3) is 0 Å². The maximum atomic E-state index is 14.7. The fourth-order valence-electron chi connectivity index (χ4n) is 3.57. The van der Waals surface area contributed by atoms with Crippen LogP contribution in [0.3, 0.4) is 0 Å². The lowest BCUT2D eigenvalue weighted by Gasteiger charge is -2.38. The normalized spacial score (nSPS) is 27.1. The molecule has 1 amide bonds. The van der Waals surface area contributed by atoms with E-state index in [0.29, 0.717) is 18.4 Å². The van der Waals surface area contributed by atoms with E-state index < -0.39 is 33.8 Å². The van der Waals surface area contributed by atoms with Gasteiger partial charge < -0.3 is 14.8 Å². The van der Waals surface area contributed by atoms with Crippen LogP contribution in [0.2, 0.25) is 0 Å². The van der Waals surface area contributed by atoms with Crippen LogP contribution in [0.4, 0.5) is 13.6 Å². The lowest BCUT2D eigenvalue weighted by Crippen LogP contribution is -2.50. The molecule has 0 spiro atoms. The van der Waals surface area contributed by atoms with Crippen LogP contribution in [0.1, 0.15) is 72.1 Å². The molecule has 2 fully saturated rings. The number of hydrogen-bond acceptors (Lipinski definition) is 5. The molecule has 1 saturated carbocycles. The smallest absolute Gasteiger partial charge is 0.407 e. The molecule has 2 aliphatic rings. The Morgan fingerprint density at radius 3 is 2.33 bits per heavy atom. The molecule has 1 aliphatic heterocycles. The number of hydrogen-bond donors (Lipinski definition) is 2. The summed E-state index contributed by atoms with van der Waals surface area (Å²) in [6, 6.07) is 2.05. The fraction of sp³-hybridized carbons (Fsp3) is 0.667. The van der Waals surface area contributed by atoms with E-state index in [0.717, 1.165) is 6.07 Å². The van der Waals surface area contributed by atoms with E-state index in [1.165, 1.54) is 6.07 Å². The highest BCUT2D eigenvalue weighted by atomic mass is 32.3. The average molecular weight is 447 g/mol. The molecule has 30 heavy (non-hydrogen) atoms. The number of rotatable bonds is 5. The molecule has 0 radical (unpaired) electrons. The first-order valence-corrected chi connectivity index (χ1v) is 11.8. The molecule has 0 bridgehead atoms.